The number of halogens is 3. The molecule has 1 heterocycles. The Balaban J connectivity index is 1.71. The van der Waals surface area contributed by atoms with Gasteiger partial charge in [0.15, 0.2) is 5.96 Å². The molecule has 0 aliphatic carbocycles. The molecule has 2 N–H and O–H groups in total. The topological polar surface area (TPSA) is 83.5 Å². The van der Waals surface area contributed by atoms with E-state index in [1.807, 2.05) is 0 Å². The van der Waals surface area contributed by atoms with Gasteiger partial charge in [0.25, 0.3) is 0 Å². The second-order valence-electron chi connectivity index (χ2n) is 6.46. The highest BCUT2D eigenvalue weighted by molar-refractivity contribution is 7.91. The Morgan fingerprint density at radius 3 is 2.29 bits per heavy atom. The SMILES string of the molecule is CN=C(NCc1ccc(S(=O)(=O)c2cccc(C(F)(F)F)c2)cc1)Nc1ccncc1. The number of pyridine rings is 1. The third-order valence-electron chi connectivity index (χ3n) is 4.33. The Labute approximate surface area is 177 Å². The zero-order valence-electron chi connectivity index (χ0n) is 16.4. The first-order valence-corrected chi connectivity index (χ1v) is 10.6. The molecule has 0 fully saturated rings. The van der Waals surface area contributed by atoms with Gasteiger partial charge in [-0.3, -0.25) is 9.98 Å². The van der Waals surface area contributed by atoms with Crippen LogP contribution in [-0.2, 0) is 22.6 Å². The summed E-state index contributed by atoms with van der Waals surface area (Å²) >= 11 is 0. The molecule has 0 amide bonds. The third-order valence-corrected chi connectivity index (χ3v) is 6.10. The highest BCUT2D eigenvalue weighted by Crippen LogP contribution is 2.32. The maximum absolute atomic E-state index is 12.9. The van der Waals surface area contributed by atoms with Gasteiger partial charge in [-0.05, 0) is 48.0 Å². The number of aromatic nitrogens is 1. The smallest absolute Gasteiger partial charge is 0.352 e. The average molecular weight is 448 g/mol. The summed E-state index contributed by atoms with van der Waals surface area (Å²) in [5.74, 6) is 0.506. The van der Waals surface area contributed by atoms with E-state index < -0.39 is 26.5 Å². The molecule has 0 atom stereocenters. The Morgan fingerprint density at radius 1 is 1.00 bits per heavy atom. The minimum Gasteiger partial charge on any atom is -0.352 e. The lowest BCUT2D eigenvalue weighted by molar-refractivity contribution is -0.137. The fourth-order valence-corrected chi connectivity index (χ4v) is 4.01. The quantitative estimate of drug-likeness (QED) is 0.453. The van der Waals surface area contributed by atoms with Crippen LogP contribution in [0.4, 0.5) is 18.9 Å². The van der Waals surface area contributed by atoms with Gasteiger partial charge in [-0.2, -0.15) is 13.2 Å². The molecule has 0 saturated carbocycles. The van der Waals surface area contributed by atoms with Gasteiger partial charge in [0.05, 0.1) is 15.4 Å². The Hall–Kier alpha value is -3.40. The molecule has 0 unspecified atom stereocenters. The van der Waals surface area contributed by atoms with Gasteiger partial charge >= 0.3 is 6.18 Å². The fourth-order valence-electron chi connectivity index (χ4n) is 2.70. The van der Waals surface area contributed by atoms with Crippen LogP contribution >= 0.6 is 0 Å². The zero-order valence-corrected chi connectivity index (χ0v) is 17.2. The normalized spacial score (nSPS) is 12.5. The Morgan fingerprint density at radius 2 is 1.68 bits per heavy atom. The van der Waals surface area contributed by atoms with Crippen LogP contribution in [0.25, 0.3) is 0 Å². The monoisotopic (exact) mass is 448 g/mol. The predicted molar refractivity (Wildman–Crippen MR) is 111 cm³/mol. The molecule has 2 aromatic carbocycles. The van der Waals surface area contributed by atoms with Crippen LogP contribution in [-0.4, -0.2) is 26.4 Å². The van der Waals surface area contributed by atoms with E-state index in [9.17, 15) is 21.6 Å². The predicted octanol–water partition coefficient (Wildman–Crippen LogP) is 4.12. The molecule has 3 aromatic rings. The van der Waals surface area contributed by atoms with Crippen LogP contribution in [0.3, 0.4) is 0 Å². The van der Waals surface area contributed by atoms with Gasteiger partial charge in [0.1, 0.15) is 0 Å². The lowest BCUT2D eigenvalue weighted by Crippen LogP contribution is -2.30. The van der Waals surface area contributed by atoms with Crippen LogP contribution in [0.15, 0.2) is 87.8 Å². The number of anilines is 1. The zero-order chi connectivity index (χ0) is 22.5. The molecule has 0 radical (unpaired) electrons. The molecule has 10 heteroatoms. The molecule has 31 heavy (non-hydrogen) atoms. The van der Waals surface area contributed by atoms with Crippen molar-refractivity contribution in [1.29, 1.82) is 0 Å². The molecule has 6 nitrogen and oxygen atoms in total. The van der Waals surface area contributed by atoms with Gasteiger partial charge < -0.3 is 10.6 Å². The van der Waals surface area contributed by atoms with Crippen LogP contribution in [0.1, 0.15) is 11.1 Å². The van der Waals surface area contributed by atoms with E-state index in [0.717, 1.165) is 29.4 Å². The number of guanidine groups is 1. The van der Waals surface area contributed by atoms with E-state index in [1.54, 1.807) is 43.7 Å². The summed E-state index contributed by atoms with van der Waals surface area (Å²) in [6.45, 7) is 0.356. The molecule has 3 rings (SSSR count). The van der Waals surface area contributed by atoms with Crippen molar-refractivity contribution in [3.8, 4) is 0 Å². The standard InChI is InChI=1S/C21H19F3N4O2S/c1-25-20(28-17-9-11-26-12-10-17)27-14-15-5-7-18(8-6-15)31(29,30)19-4-2-3-16(13-19)21(22,23)24/h2-13H,14H2,1H3,(H2,25,26,27,28). The van der Waals surface area contributed by atoms with Gasteiger partial charge in [0.2, 0.25) is 9.84 Å². The molecule has 0 bridgehead atoms. The highest BCUT2D eigenvalue weighted by atomic mass is 32.2. The van der Waals surface area contributed by atoms with Gasteiger partial charge in [0, 0.05) is 31.7 Å². The lowest BCUT2D eigenvalue weighted by atomic mass is 10.2. The minimum atomic E-state index is -4.62. The summed E-state index contributed by atoms with van der Waals surface area (Å²) in [5, 5.41) is 6.18. The van der Waals surface area contributed by atoms with E-state index in [0.29, 0.717) is 18.6 Å². The Bertz CT molecular complexity index is 1160. The third kappa shape index (κ3) is 5.60. The van der Waals surface area contributed by atoms with Crippen LogP contribution in [0.5, 0.6) is 0 Å². The summed E-state index contributed by atoms with van der Waals surface area (Å²) in [5.41, 5.74) is 0.550. The van der Waals surface area contributed by atoms with E-state index in [1.165, 1.54) is 12.1 Å². The van der Waals surface area contributed by atoms with Crippen molar-refractivity contribution in [2.45, 2.75) is 22.5 Å². The van der Waals surface area contributed by atoms with Crippen molar-refractivity contribution in [2.24, 2.45) is 4.99 Å². The van der Waals surface area contributed by atoms with E-state index in [4.69, 9.17) is 0 Å². The molecule has 0 aliphatic rings. The van der Waals surface area contributed by atoms with Crippen molar-refractivity contribution in [2.75, 3.05) is 12.4 Å². The first-order valence-electron chi connectivity index (χ1n) is 9.09. The molecule has 0 saturated heterocycles. The average Bonchev–Trinajstić information content (AvgIpc) is 2.77. The summed E-state index contributed by atoms with van der Waals surface area (Å²) in [6, 6.07) is 13.2. The number of benzene rings is 2. The fraction of sp³-hybridized carbons (Fsp3) is 0.143. The molecule has 1 aromatic heterocycles. The number of hydrogen-bond donors (Lipinski definition) is 2. The first-order chi connectivity index (χ1) is 14.7. The largest absolute Gasteiger partial charge is 0.416 e. The van der Waals surface area contributed by atoms with E-state index in [-0.39, 0.29) is 4.90 Å². The van der Waals surface area contributed by atoms with E-state index in [2.05, 4.69) is 20.6 Å². The van der Waals surface area contributed by atoms with Gasteiger partial charge in [-0.1, -0.05) is 18.2 Å². The first kappa shape index (κ1) is 22.3. The Kier molecular flexibility index (Phi) is 6.59. The van der Waals surface area contributed by atoms with Crippen LogP contribution < -0.4 is 10.6 Å². The van der Waals surface area contributed by atoms with Gasteiger partial charge in [-0.25, -0.2) is 8.42 Å². The van der Waals surface area contributed by atoms with Crippen molar-refractivity contribution in [3.05, 3.63) is 84.2 Å². The number of rotatable bonds is 5. The number of sulfone groups is 1. The van der Waals surface area contributed by atoms with Crippen LogP contribution in [0.2, 0.25) is 0 Å². The van der Waals surface area contributed by atoms with E-state index >= 15 is 0 Å². The summed E-state index contributed by atoms with van der Waals surface area (Å²) < 4.78 is 64.2. The van der Waals surface area contributed by atoms with Crippen molar-refractivity contribution >= 4 is 21.5 Å². The lowest BCUT2D eigenvalue weighted by Gasteiger charge is -2.12. The number of aliphatic imine (C=N–C) groups is 1. The second-order valence-corrected chi connectivity index (χ2v) is 8.41. The molecule has 0 aliphatic heterocycles. The number of nitrogens with zero attached hydrogens (tertiary/aromatic N) is 2. The van der Waals surface area contributed by atoms with Crippen LogP contribution in [0, 0.1) is 0 Å². The molecule has 0 spiro atoms. The summed E-state index contributed by atoms with van der Waals surface area (Å²) in [7, 11) is -2.47. The maximum Gasteiger partial charge on any atom is 0.416 e. The molecular weight excluding hydrogens is 429 g/mol. The summed E-state index contributed by atoms with van der Waals surface area (Å²) in [6.07, 6.45) is -1.34. The molecule has 162 valence electrons. The number of hydrogen-bond acceptors (Lipinski definition) is 4. The highest BCUT2D eigenvalue weighted by Gasteiger charge is 2.31. The van der Waals surface area contributed by atoms with Crippen molar-refractivity contribution in [3.63, 3.8) is 0 Å². The summed E-state index contributed by atoms with van der Waals surface area (Å²) in [4.78, 5) is 7.55. The van der Waals surface area contributed by atoms with Gasteiger partial charge in [-0.15, -0.1) is 0 Å². The second kappa shape index (κ2) is 9.17. The van der Waals surface area contributed by atoms with Crippen molar-refractivity contribution < 1.29 is 21.6 Å². The van der Waals surface area contributed by atoms with Crippen molar-refractivity contribution in [1.82, 2.24) is 10.3 Å². The molecular formula is C21H19F3N4O2S. The minimum absolute atomic E-state index is 0.0881. The number of alkyl halides is 3. The number of nitrogens with one attached hydrogen (secondary N) is 2. The maximum atomic E-state index is 12.9.